The van der Waals surface area contributed by atoms with Gasteiger partial charge in [-0.2, -0.15) is 13.2 Å². The molecule has 0 heterocycles. The molecular weight excluding hydrogens is 335 g/mol. The Morgan fingerprint density at radius 3 is 2.32 bits per heavy atom. The summed E-state index contributed by atoms with van der Waals surface area (Å²) in [5.41, 5.74) is -0.0102. The number of alkyl halides is 3. The Morgan fingerprint density at radius 1 is 1.16 bits per heavy atom. The minimum atomic E-state index is -4.36. The van der Waals surface area contributed by atoms with Crippen molar-refractivity contribution in [2.45, 2.75) is 44.4 Å². The number of amides is 3. The van der Waals surface area contributed by atoms with Gasteiger partial charge in [0.2, 0.25) is 0 Å². The molecule has 0 spiro atoms. The maximum Gasteiger partial charge on any atom is 0.416 e. The number of halogens is 3. The second-order valence-electron chi connectivity index (χ2n) is 6.51. The largest absolute Gasteiger partial charge is 0.416 e. The van der Waals surface area contributed by atoms with E-state index < -0.39 is 23.7 Å². The molecule has 3 amide bonds. The van der Waals surface area contributed by atoms with Gasteiger partial charge in [-0.25, -0.2) is 4.79 Å². The van der Waals surface area contributed by atoms with Crippen LogP contribution in [0.4, 0.5) is 18.0 Å². The Bertz CT molecular complexity index is 596. The van der Waals surface area contributed by atoms with Crippen molar-refractivity contribution in [2.24, 2.45) is 0 Å². The third-order valence-electron chi connectivity index (χ3n) is 4.19. The maximum atomic E-state index is 12.5. The van der Waals surface area contributed by atoms with Crippen molar-refractivity contribution in [3.63, 3.8) is 0 Å². The molecular formula is C17H23F3N3O2+. The number of imide groups is 1. The number of benzene rings is 1. The first kappa shape index (κ1) is 19.2. The summed E-state index contributed by atoms with van der Waals surface area (Å²) in [6, 6.07) is 4.49. The van der Waals surface area contributed by atoms with Crippen LogP contribution in [0.1, 0.15) is 36.8 Å². The van der Waals surface area contributed by atoms with E-state index in [9.17, 15) is 22.8 Å². The van der Waals surface area contributed by atoms with Crippen molar-refractivity contribution in [3.05, 3.63) is 35.4 Å². The molecule has 8 heteroatoms. The zero-order valence-corrected chi connectivity index (χ0v) is 14.1. The molecule has 1 aromatic carbocycles. The van der Waals surface area contributed by atoms with Gasteiger partial charge in [-0.05, 0) is 25.0 Å². The van der Waals surface area contributed by atoms with Gasteiger partial charge in [-0.15, -0.1) is 0 Å². The van der Waals surface area contributed by atoms with E-state index in [2.05, 4.69) is 10.6 Å². The molecule has 1 atom stereocenters. The highest BCUT2D eigenvalue weighted by molar-refractivity contribution is 5.94. The quantitative estimate of drug-likeness (QED) is 0.747. The number of likely N-dealkylation sites (N-methyl/N-ethyl adjacent to an activating group) is 1. The fourth-order valence-corrected chi connectivity index (χ4v) is 2.96. The normalized spacial score (nSPS) is 16.5. The van der Waals surface area contributed by atoms with Gasteiger partial charge >= 0.3 is 12.2 Å². The molecule has 1 saturated carbocycles. The van der Waals surface area contributed by atoms with Gasteiger partial charge < -0.3 is 10.2 Å². The van der Waals surface area contributed by atoms with Crippen molar-refractivity contribution in [1.29, 1.82) is 0 Å². The van der Waals surface area contributed by atoms with Gasteiger partial charge in [0, 0.05) is 11.6 Å². The molecule has 1 unspecified atom stereocenters. The summed E-state index contributed by atoms with van der Waals surface area (Å²) in [7, 11) is 1.74. The van der Waals surface area contributed by atoms with Crippen molar-refractivity contribution >= 4 is 11.9 Å². The van der Waals surface area contributed by atoms with E-state index in [-0.39, 0.29) is 12.6 Å². The zero-order valence-electron chi connectivity index (χ0n) is 14.1. The van der Waals surface area contributed by atoms with Crippen LogP contribution in [0.2, 0.25) is 0 Å². The molecule has 1 aliphatic carbocycles. The van der Waals surface area contributed by atoms with E-state index in [1.807, 2.05) is 0 Å². The summed E-state index contributed by atoms with van der Waals surface area (Å²) >= 11 is 0. The van der Waals surface area contributed by atoms with Crippen LogP contribution >= 0.6 is 0 Å². The predicted octanol–water partition coefficient (Wildman–Crippen LogP) is 1.49. The van der Waals surface area contributed by atoms with Crippen LogP contribution in [-0.2, 0) is 17.5 Å². The predicted molar refractivity (Wildman–Crippen MR) is 85.8 cm³/mol. The van der Waals surface area contributed by atoms with E-state index in [0.717, 1.165) is 42.7 Å². The number of rotatable bonds is 5. The minimum absolute atomic E-state index is 0.0547. The van der Waals surface area contributed by atoms with Crippen LogP contribution in [0.3, 0.4) is 0 Å². The first-order valence-electron chi connectivity index (χ1n) is 8.32. The molecule has 1 fully saturated rings. The summed E-state index contributed by atoms with van der Waals surface area (Å²) in [6.45, 7) is 0.439. The molecule has 3 N–H and O–H groups in total. The van der Waals surface area contributed by atoms with Gasteiger partial charge in [0.1, 0.15) is 6.54 Å². The highest BCUT2D eigenvalue weighted by Gasteiger charge is 2.30. The first-order valence-corrected chi connectivity index (χ1v) is 8.32. The molecule has 0 saturated heterocycles. The summed E-state index contributed by atoms with van der Waals surface area (Å²) in [5.74, 6) is -0.417. The molecule has 2 rings (SSSR count). The first-order chi connectivity index (χ1) is 11.7. The Kier molecular flexibility index (Phi) is 6.41. The topological polar surface area (TPSA) is 62.6 Å². The fraction of sp³-hybridized carbons (Fsp3) is 0.529. The van der Waals surface area contributed by atoms with Crippen LogP contribution in [-0.4, -0.2) is 31.6 Å². The average Bonchev–Trinajstić information content (AvgIpc) is 2.99. The lowest BCUT2D eigenvalue weighted by molar-refractivity contribution is -0.885. The molecule has 0 bridgehead atoms. The summed E-state index contributed by atoms with van der Waals surface area (Å²) in [5, 5.41) is 5.06. The van der Waals surface area contributed by atoms with Gasteiger partial charge in [-0.1, -0.05) is 25.0 Å². The Labute approximate surface area is 144 Å². The SMILES string of the molecule is C[NH+](CC(=O)NC(=O)NC1CCCC1)Cc1ccc(C(F)(F)F)cc1. The molecule has 5 nitrogen and oxygen atoms in total. The standard InChI is InChI=1S/C17H22F3N3O2/c1-23(10-12-6-8-13(9-7-12)17(18,19)20)11-15(24)22-16(25)21-14-4-2-3-5-14/h6-9,14H,2-5,10-11H2,1H3,(H2,21,22,24,25)/p+1. The third kappa shape index (κ3) is 6.38. The molecule has 1 aliphatic rings. The molecule has 138 valence electrons. The van der Waals surface area contributed by atoms with Crippen molar-refractivity contribution in [2.75, 3.05) is 13.6 Å². The molecule has 0 aromatic heterocycles. The molecule has 25 heavy (non-hydrogen) atoms. The number of nitrogens with one attached hydrogen (secondary N) is 3. The summed E-state index contributed by atoms with van der Waals surface area (Å²) in [6.07, 6.45) is -0.330. The number of urea groups is 1. The van der Waals surface area contributed by atoms with E-state index in [1.54, 1.807) is 7.05 Å². The Morgan fingerprint density at radius 2 is 1.76 bits per heavy atom. The van der Waals surface area contributed by atoms with Crippen molar-refractivity contribution < 1.29 is 27.7 Å². The van der Waals surface area contributed by atoms with E-state index in [4.69, 9.17) is 0 Å². The monoisotopic (exact) mass is 358 g/mol. The van der Waals surface area contributed by atoms with Gasteiger partial charge in [0.05, 0.1) is 12.6 Å². The van der Waals surface area contributed by atoms with Gasteiger partial charge in [0.15, 0.2) is 6.54 Å². The average molecular weight is 358 g/mol. The van der Waals surface area contributed by atoms with Crippen LogP contribution < -0.4 is 15.5 Å². The number of hydrogen-bond acceptors (Lipinski definition) is 2. The smallest absolute Gasteiger partial charge is 0.335 e. The van der Waals surface area contributed by atoms with Crippen molar-refractivity contribution in [3.8, 4) is 0 Å². The number of hydrogen-bond donors (Lipinski definition) is 3. The Hall–Kier alpha value is -2.09. The number of carbonyl (C=O) groups is 2. The summed E-state index contributed by atoms with van der Waals surface area (Å²) < 4.78 is 37.6. The number of quaternary nitrogens is 1. The lowest BCUT2D eigenvalue weighted by Gasteiger charge is -2.15. The highest BCUT2D eigenvalue weighted by Crippen LogP contribution is 2.28. The second kappa shape index (κ2) is 8.33. The molecule has 0 aliphatic heterocycles. The van der Waals surface area contributed by atoms with Gasteiger partial charge in [0.25, 0.3) is 5.91 Å². The summed E-state index contributed by atoms with van der Waals surface area (Å²) in [4.78, 5) is 24.4. The van der Waals surface area contributed by atoms with Crippen LogP contribution in [0, 0.1) is 0 Å². The Balaban J connectivity index is 1.76. The second-order valence-corrected chi connectivity index (χ2v) is 6.51. The van der Waals surface area contributed by atoms with Crippen LogP contribution in [0.5, 0.6) is 0 Å². The molecule has 1 aromatic rings. The number of carbonyl (C=O) groups excluding carboxylic acids is 2. The van der Waals surface area contributed by atoms with Gasteiger partial charge in [-0.3, -0.25) is 10.1 Å². The molecule has 0 radical (unpaired) electrons. The highest BCUT2D eigenvalue weighted by atomic mass is 19.4. The van der Waals surface area contributed by atoms with Crippen LogP contribution in [0.15, 0.2) is 24.3 Å². The lowest BCUT2D eigenvalue weighted by Crippen LogP contribution is -3.09. The van der Waals surface area contributed by atoms with E-state index in [0.29, 0.717) is 12.1 Å². The third-order valence-corrected chi connectivity index (χ3v) is 4.19. The zero-order chi connectivity index (χ0) is 18.4. The van der Waals surface area contributed by atoms with Crippen molar-refractivity contribution in [1.82, 2.24) is 10.6 Å². The minimum Gasteiger partial charge on any atom is -0.335 e. The van der Waals surface area contributed by atoms with E-state index in [1.165, 1.54) is 12.1 Å². The fourth-order valence-electron chi connectivity index (χ4n) is 2.96. The lowest BCUT2D eigenvalue weighted by atomic mass is 10.1. The van der Waals surface area contributed by atoms with Crippen LogP contribution in [0.25, 0.3) is 0 Å². The maximum absolute atomic E-state index is 12.5. The van der Waals surface area contributed by atoms with E-state index >= 15 is 0 Å².